The van der Waals surface area contributed by atoms with E-state index in [-0.39, 0.29) is 29.9 Å². The first-order valence-electron chi connectivity index (χ1n) is 10.7. The van der Waals surface area contributed by atoms with Crippen LogP contribution in [0, 0.1) is 5.82 Å². The molecule has 0 atom stereocenters. The number of imidazole rings is 1. The summed E-state index contributed by atoms with van der Waals surface area (Å²) in [7, 11) is -1.23. The third-order valence-electron chi connectivity index (χ3n) is 5.88. The maximum atomic E-state index is 14.4. The summed E-state index contributed by atoms with van der Waals surface area (Å²) in [4.78, 5) is 40.6. The van der Waals surface area contributed by atoms with Gasteiger partial charge in [0.1, 0.15) is 17.3 Å². The fourth-order valence-electron chi connectivity index (χ4n) is 3.96. The zero-order valence-corrected chi connectivity index (χ0v) is 19.5. The molecule has 1 aromatic carbocycles. The molecule has 3 heterocycles. The SMILES string of the molecule is Cn1c(=O)c2c(ncn2CCOC(=O)c2ccc(F)c(S(=O)(=O)N3CCCCC3)c2)n(C)c1=O. The molecule has 1 aliphatic heterocycles. The Labute approximate surface area is 194 Å². The lowest BCUT2D eigenvalue weighted by atomic mass is 10.2. The minimum absolute atomic E-state index is 0.0653. The number of carbonyl (C=O) groups is 1. The third-order valence-corrected chi connectivity index (χ3v) is 7.80. The predicted molar refractivity (Wildman–Crippen MR) is 120 cm³/mol. The highest BCUT2D eigenvalue weighted by Gasteiger charge is 2.29. The van der Waals surface area contributed by atoms with E-state index < -0.39 is 38.0 Å². The van der Waals surface area contributed by atoms with Gasteiger partial charge < -0.3 is 9.30 Å². The molecule has 0 N–H and O–H groups in total. The zero-order chi connectivity index (χ0) is 24.6. The van der Waals surface area contributed by atoms with E-state index in [0.717, 1.165) is 29.2 Å². The standard InChI is InChI=1S/C21H24FN5O6S/c1-24-18-17(19(28)25(2)21(24)30)26(13-23-18)10-11-33-20(29)14-6-7-15(22)16(12-14)34(31,32)27-8-4-3-5-9-27/h6-7,12-13H,3-5,8-11H2,1-2H3. The average molecular weight is 494 g/mol. The molecule has 0 amide bonds. The highest BCUT2D eigenvalue weighted by molar-refractivity contribution is 7.89. The lowest BCUT2D eigenvalue weighted by Crippen LogP contribution is -2.37. The maximum absolute atomic E-state index is 14.4. The van der Waals surface area contributed by atoms with Crippen molar-refractivity contribution < 1.29 is 22.3 Å². The van der Waals surface area contributed by atoms with Crippen LogP contribution in [0.2, 0.25) is 0 Å². The second kappa shape index (κ2) is 9.14. The molecular formula is C21H24FN5O6S. The van der Waals surface area contributed by atoms with Gasteiger partial charge in [0.25, 0.3) is 5.56 Å². The van der Waals surface area contributed by atoms with E-state index in [2.05, 4.69) is 4.98 Å². The summed E-state index contributed by atoms with van der Waals surface area (Å²) in [6.45, 7) is 0.512. The van der Waals surface area contributed by atoms with Crippen LogP contribution in [0.3, 0.4) is 0 Å². The van der Waals surface area contributed by atoms with Crippen molar-refractivity contribution in [1.82, 2.24) is 23.0 Å². The molecule has 182 valence electrons. The smallest absolute Gasteiger partial charge is 0.338 e. The summed E-state index contributed by atoms with van der Waals surface area (Å²) >= 11 is 0. The number of halogens is 1. The van der Waals surface area contributed by atoms with Crippen molar-refractivity contribution >= 4 is 27.2 Å². The summed E-state index contributed by atoms with van der Waals surface area (Å²) in [5, 5.41) is 0. The largest absolute Gasteiger partial charge is 0.460 e. The monoisotopic (exact) mass is 493 g/mol. The lowest BCUT2D eigenvalue weighted by Gasteiger charge is -2.26. The zero-order valence-electron chi connectivity index (χ0n) is 18.7. The normalized spacial score (nSPS) is 15.0. The first-order valence-corrected chi connectivity index (χ1v) is 12.1. The van der Waals surface area contributed by atoms with Crippen molar-refractivity contribution in [3.8, 4) is 0 Å². The quantitative estimate of drug-likeness (QED) is 0.461. The van der Waals surface area contributed by atoms with Crippen LogP contribution in [0.1, 0.15) is 29.6 Å². The first-order chi connectivity index (χ1) is 16.1. The molecule has 0 bridgehead atoms. The van der Waals surface area contributed by atoms with E-state index in [1.54, 1.807) is 0 Å². The van der Waals surface area contributed by atoms with E-state index in [9.17, 15) is 27.2 Å². The molecule has 0 spiro atoms. The number of fused-ring (bicyclic) bond motifs is 1. The topological polar surface area (TPSA) is 125 Å². The number of aryl methyl sites for hydroxylation is 1. The van der Waals surface area contributed by atoms with E-state index in [1.165, 1.54) is 33.9 Å². The number of hydrogen-bond acceptors (Lipinski definition) is 7. The van der Waals surface area contributed by atoms with Gasteiger partial charge in [0.05, 0.1) is 18.4 Å². The van der Waals surface area contributed by atoms with E-state index >= 15 is 0 Å². The van der Waals surface area contributed by atoms with Crippen LogP contribution >= 0.6 is 0 Å². The third kappa shape index (κ3) is 4.16. The van der Waals surface area contributed by atoms with Crippen LogP contribution < -0.4 is 11.2 Å². The first kappa shape index (κ1) is 23.8. The molecule has 2 aromatic heterocycles. The van der Waals surface area contributed by atoms with Crippen LogP contribution in [0.25, 0.3) is 11.2 Å². The maximum Gasteiger partial charge on any atom is 0.338 e. The fourth-order valence-corrected chi connectivity index (χ4v) is 5.57. The summed E-state index contributed by atoms with van der Waals surface area (Å²) in [6.07, 6.45) is 3.67. The number of piperidine rings is 1. The van der Waals surface area contributed by atoms with Gasteiger partial charge in [-0.3, -0.25) is 13.9 Å². The predicted octanol–water partition coefficient (Wildman–Crippen LogP) is 0.604. The number of ether oxygens (including phenoxy) is 1. The van der Waals surface area contributed by atoms with Crippen LogP contribution in [-0.4, -0.2) is 57.1 Å². The van der Waals surface area contributed by atoms with Crippen molar-refractivity contribution in [3.63, 3.8) is 0 Å². The number of esters is 1. The van der Waals surface area contributed by atoms with Crippen LogP contribution in [0.15, 0.2) is 39.0 Å². The van der Waals surface area contributed by atoms with Gasteiger partial charge in [-0.05, 0) is 31.0 Å². The molecule has 4 rings (SSSR count). The Morgan fingerprint density at radius 2 is 1.82 bits per heavy atom. The Kier molecular flexibility index (Phi) is 6.41. The fraction of sp³-hybridized carbons (Fsp3) is 0.429. The summed E-state index contributed by atoms with van der Waals surface area (Å²) in [5.74, 6) is -1.77. The Morgan fingerprint density at radius 1 is 1.12 bits per heavy atom. The number of benzene rings is 1. The van der Waals surface area contributed by atoms with Crippen molar-refractivity contribution in [1.29, 1.82) is 0 Å². The van der Waals surface area contributed by atoms with E-state index in [1.807, 2.05) is 0 Å². The molecule has 11 nitrogen and oxygen atoms in total. The Bertz CT molecular complexity index is 1480. The summed E-state index contributed by atoms with van der Waals surface area (Å²) < 4.78 is 50.2. The van der Waals surface area contributed by atoms with E-state index in [0.29, 0.717) is 25.9 Å². The molecule has 0 unspecified atom stereocenters. The van der Waals surface area contributed by atoms with Crippen molar-refractivity contribution in [2.45, 2.75) is 30.7 Å². The number of sulfonamides is 1. The van der Waals surface area contributed by atoms with Crippen molar-refractivity contribution in [2.24, 2.45) is 14.1 Å². The average Bonchev–Trinajstić information content (AvgIpc) is 3.26. The molecule has 34 heavy (non-hydrogen) atoms. The van der Waals surface area contributed by atoms with Gasteiger partial charge in [-0.1, -0.05) is 6.42 Å². The van der Waals surface area contributed by atoms with Crippen LogP contribution in [0.5, 0.6) is 0 Å². The molecule has 3 aromatic rings. The summed E-state index contributed by atoms with van der Waals surface area (Å²) in [5.41, 5.74) is -0.775. The van der Waals surface area contributed by atoms with Crippen LogP contribution in [0.4, 0.5) is 4.39 Å². The second-order valence-electron chi connectivity index (χ2n) is 8.06. The van der Waals surface area contributed by atoms with Gasteiger partial charge in [-0.15, -0.1) is 0 Å². The van der Waals surface area contributed by atoms with Crippen molar-refractivity contribution in [3.05, 3.63) is 56.7 Å². The molecule has 0 saturated carbocycles. The number of hydrogen-bond donors (Lipinski definition) is 0. The highest BCUT2D eigenvalue weighted by Crippen LogP contribution is 2.24. The molecule has 1 saturated heterocycles. The number of rotatable bonds is 6. The van der Waals surface area contributed by atoms with Gasteiger partial charge in [-0.25, -0.2) is 27.4 Å². The molecule has 0 aliphatic carbocycles. The molecule has 0 radical (unpaired) electrons. The van der Waals surface area contributed by atoms with Crippen molar-refractivity contribution in [2.75, 3.05) is 19.7 Å². The molecule has 13 heteroatoms. The highest BCUT2D eigenvalue weighted by atomic mass is 32.2. The Morgan fingerprint density at radius 3 is 2.53 bits per heavy atom. The van der Waals surface area contributed by atoms with Gasteiger partial charge in [0, 0.05) is 27.2 Å². The van der Waals surface area contributed by atoms with Gasteiger partial charge in [0.2, 0.25) is 10.0 Å². The second-order valence-corrected chi connectivity index (χ2v) is 9.97. The molecule has 1 fully saturated rings. The minimum atomic E-state index is -4.07. The number of carbonyl (C=O) groups excluding carboxylic acids is 1. The minimum Gasteiger partial charge on any atom is -0.460 e. The van der Waals surface area contributed by atoms with Gasteiger partial charge in [0.15, 0.2) is 11.2 Å². The van der Waals surface area contributed by atoms with Crippen LogP contribution in [-0.2, 0) is 35.4 Å². The molecular weight excluding hydrogens is 469 g/mol. The van der Waals surface area contributed by atoms with Gasteiger partial charge in [-0.2, -0.15) is 4.31 Å². The number of nitrogens with zero attached hydrogens (tertiary/aromatic N) is 5. The van der Waals surface area contributed by atoms with E-state index in [4.69, 9.17) is 4.74 Å². The van der Waals surface area contributed by atoms with Gasteiger partial charge >= 0.3 is 11.7 Å². The summed E-state index contributed by atoms with van der Waals surface area (Å²) in [6, 6.07) is 3.08. The lowest BCUT2D eigenvalue weighted by molar-refractivity contribution is 0.0492. The number of aromatic nitrogens is 4. The Balaban J connectivity index is 1.51. The molecule has 1 aliphatic rings. The Hall–Kier alpha value is -3.32.